The Bertz CT molecular complexity index is 1130. The maximum Gasteiger partial charge on any atom is 0.244 e. The van der Waals surface area contributed by atoms with Crippen LogP contribution in [0.15, 0.2) is 60.9 Å². The van der Waals surface area contributed by atoms with Crippen molar-refractivity contribution in [3.8, 4) is 0 Å². The van der Waals surface area contributed by atoms with Crippen LogP contribution in [0.25, 0.3) is 22.8 Å². The zero-order valence-corrected chi connectivity index (χ0v) is 14.3. The Labute approximate surface area is 150 Å². The molecule has 4 rings (SSSR count). The highest BCUT2D eigenvalue weighted by Crippen LogP contribution is 2.10. The summed E-state index contributed by atoms with van der Waals surface area (Å²) in [6.07, 6.45) is 6.70. The highest BCUT2D eigenvalue weighted by atomic mass is 16.1. The summed E-state index contributed by atoms with van der Waals surface area (Å²) >= 11 is 0. The van der Waals surface area contributed by atoms with E-state index in [4.69, 9.17) is 0 Å². The van der Waals surface area contributed by atoms with Crippen molar-refractivity contribution in [1.82, 2.24) is 24.7 Å². The lowest BCUT2D eigenvalue weighted by Gasteiger charge is -1.99. The van der Waals surface area contributed by atoms with Crippen molar-refractivity contribution in [3.63, 3.8) is 0 Å². The minimum absolute atomic E-state index is 0.200. The molecule has 0 aliphatic rings. The molecule has 128 valence electrons. The third-order valence-corrected chi connectivity index (χ3v) is 4.06. The molecule has 1 N–H and O–H groups in total. The molecule has 6 nitrogen and oxygen atoms in total. The first-order chi connectivity index (χ1) is 12.7. The number of nitrogens with zero attached hydrogens (tertiary/aromatic N) is 4. The standard InChI is InChI=1S/C20H17N5O/c1-14-5-4-8-19-24-16(13-25(14)19)12-22-20(26)10-9-15-11-21-17-6-2-3-7-18(17)23-15/h2-11,13H,12H2,1H3,(H,22,26). The van der Waals surface area contributed by atoms with Gasteiger partial charge in [0.05, 0.1) is 35.2 Å². The second-order valence-corrected chi connectivity index (χ2v) is 5.96. The quantitative estimate of drug-likeness (QED) is 0.578. The van der Waals surface area contributed by atoms with Gasteiger partial charge in [-0.2, -0.15) is 0 Å². The Morgan fingerprint density at radius 2 is 1.96 bits per heavy atom. The van der Waals surface area contributed by atoms with Gasteiger partial charge in [-0.3, -0.25) is 9.78 Å². The molecule has 0 atom stereocenters. The summed E-state index contributed by atoms with van der Waals surface area (Å²) in [7, 11) is 0. The lowest BCUT2D eigenvalue weighted by atomic mass is 10.3. The fraction of sp³-hybridized carbons (Fsp3) is 0.100. The van der Waals surface area contributed by atoms with Gasteiger partial charge in [-0.05, 0) is 37.3 Å². The van der Waals surface area contributed by atoms with Crippen LogP contribution in [0.4, 0.5) is 0 Å². The number of carbonyl (C=O) groups excluding carboxylic acids is 1. The molecule has 4 aromatic rings. The van der Waals surface area contributed by atoms with Crippen LogP contribution in [0.2, 0.25) is 0 Å². The SMILES string of the molecule is Cc1cccc2nc(CNC(=O)C=Cc3cnc4ccccc4n3)cn12. The van der Waals surface area contributed by atoms with Gasteiger partial charge in [0, 0.05) is 18.0 Å². The molecular weight excluding hydrogens is 326 g/mol. The van der Waals surface area contributed by atoms with Gasteiger partial charge in [0.25, 0.3) is 0 Å². The number of pyridine rings is 1. The summed E-state index contributed by atoms with van der Waals surface area (Å²) in [4.78, 5) is 25.3. The fourth-order valence-corrected chi connectivity index (χ4v) is 2.73. The first kappa shape index (κ1) is 16.0. The van der Waals surface area contributed by atoms with Gasteiger partial charge in [0.2, 0.25) is 5.91 Å². The summed E-state index contributed by atoms with van der Waals surface area (Å²) in [6.45, 7) is 2.39. The molecule has 0 unspecified atom stereocenters. The van der Waals surface area contributed by atoms with Crippen LogP contribution in [0.3, 0.4) is 0 Å². The monoisotopic (exact) mass is 343 g/mol. The van der Waals surface area contributed by atoms with Crippen molar-refractivity contribution in [2.24, 2.45) is 0 Å². The summed E-state index contributed by atoms with van der Waals surface area (Å²) in [5, 5.41) is 2.84. The summed E-state index contributed by atoms with van der Waals surface area (Å²) in [6, 6.07) is 13.5. The number of benzene rings is 1. The number of nitrogens with one attached hydrogen (secondary N) is 1. The Kier molecular flexibility index (Phi) is 4.15. The average molecular weight is 343 g/mol. The number of imidazole rings is 1. The second kappa shape index (κ2) is 6.76. The lowest BCUT2D eigenvalue weighted by Crippen LogP contribution is -2.20. The first-order valence-corrected chi connectivity index (χ1v) is 8.30. The lowest BCUT2D eigenvalue weighted by molar-refractivity contribution is -0.116. The van der Waals surface area contributed by atoms with Crippen LogP contribution in [-0.2, 0) is 11.3 Å². The molecule has 3 heterocycles. The summed E-state index contributed by atoms with van der Waals surface area (Å²) in [5.41, 5.74) is 5.05. The number of amides is 1. The average Bonchev–Trinajstić information content (AvgIpc) is 3.09. The van der Waals surface area contributed by atoms with Gasteiger partial charge in [0.15, 0.2) is 0 Å². The minimum atomic E-state index is -0.200. The maximum atomic E-state index is 12.1. The third-order valence-electron chi connectivity index (χ3n) is 4.06. The molecule has 0 fully saturated rings. The molecular formula is C20H17N5O. The fourth-order valence-electron chi connectivity index (χ4n) is 2.73. The van der Waals surface area contributed by atoms with Gasteiger partial charge >= 0.3 is 0 Å². The van der Waals surface area contributed by atoms with E-state index in [2.05, 4.69) is 20.3 Å². The smallest absolute Gasteiger partial charge is 0.244 e. The number of hydrogen-bond donors (Lipinski definition) is 1. The topological polar surface area (TPSA) is 72.2 Å². The van der Waals surface area contributed by atoms with E-state index in [0.717, 1.165) is 28.1 Å². The molecule has 0 aliphatic carbocycles. The van der Waals surface area contributed by atoms with E-state index >= 15 is 0 Å². The van der Waals surface area contributed by atoms with Crippen LogP contribution in [0.5, 0.6) is 0 Å². The van der Waals surface area contributed by atoms with Gasteiger partial charge in [-0.1, -0.05) is 18.2 Å². The van der Waals surface area contributed by atoms with E-state index < -0.39 is 0 Å². The number of fused-ring (bicyclic) bond motifs is 2. The van der Waals surface area contributed by atoms with Crippen molar-refractivity contribution < 1.29 is 4.79 Å². The maximum absolute atomic E-state index is 12.1. The van der Waals surface area contributed by atoms with Gasteiger partial charge in [-0.25, -0.2) is 9.97 Å². The molecule has 0 saturated carbocycles. The predicted octanol–water partition coefficient (Wildman–Crippen LogP) is 2.92. The van der Waals surface area contributed by atoms with Crippen molar-refractivity contribution >= 4 is 28.7 Å². The highest BCUT2D eigenvalue weighted by molar-refractivity contribution is 5.91. The molecule has 3 aromatic heterocycles. The minimum Gasteiger partial charge on any atom is -0.347 e. The number of para-hydroxylation sites is 2. The van der Waals surface area contributed by atoms with E-state index in [1.165, 1.54) is 6.08 Å². The van der Waals surface area contributed by atoms with Crippen LogP contribution in [0, 0.1) is 6.92 Å². The first-order valence-electron chi connectivity index (χ1n) is 8.30. The molecule has 26 heavy (non-hydrogen) atoms. The zero-order valence-electron chi connectivity index (χ0n) is 14.3. The van der Waals surface area contributed by atoms with Crippen molar-refractivity contribution in [2.75, 3.05) is 0 Å². The Morgan fingerprint density at radius 3 is 2.81 bits per heavy atom. The number of aromatic nitrogens is 4. The number of carbonyl (C=O) groups is 1. The van der Waals surface area contributed by atoms with Crippen molar-refractivity contribution in [3.05, 3.63) is 78.0 Å². The predicted molar refractivity (Wildman–Crippen MR) is 100 cm³/mol. The van der Waals surface area contributed by atoms with Gasteiger partial charge in [0.1, 0.15) is 5.65 Å². The molecule has 1 aromatic carbocycles. The number of hydrogen-bond acceptors (Lipinski definition) is 4. The Hall–Kier alpha value is -3.54. The zero-order chi connectivity index (χ0) is 17.9. The van der Waals surface area contributed by atoms with E-state index in [1.807, 2.05) is 60.0 Å². The molecule has 0 radical (unpaired) electrons. The van der Waals surface area contributed by atoms with Gasteiger partial charge < -0.3 is 9.72 Å². The normalized spacial score (nSPS) is 11.4. The molecule has 0 aliphatic heterocycles. The molecule has 0 saturated heterocycles. The Balaban J connectivity index is 1.42. The largest absolute Gasteiger partial charge is 0.347 e. The van der Waals surface area contributed by atoms with Crippen molar-refractivity contribution in [1.29, 1.82) is 0 Å². The van der Waals surface area contributed by atoms with Crippen LogP contribution >= 0.6 is 0 Å². The van der Waals surface area contributed by atoms with E-state index in [0.29, 0.717) is 12.2 Å². The van der Waals surface area contributed by atoms with E-state index in [1.54, 1.807) is 12.3 Å². The summed E-state index contributed by atoms with van der Waals surface area (Å²) < 4.78 is 2.00. The number of rotatable bonds is 4. The highest BCUT2D eigenvalue weighted by Gasteiger charge is 2.04. The summed E-state index contributed by atoms with van der Waals surface area (Å²) in [5.74, 6) is -0.200. The van der Waals surface area contributed by atoms with Crippen molar-refractivity contribution in [2.45, 2.75) is 13.5 Å². The van der Waals surface area contributed by atoms with E-state index in [9.17, 15) is 4.79 Å². The van der Waals surface area contributed by atoms with Crippen LogP contribution < -0.4 is 5.32 Å². The molecule has 0 spiro atoms. The second-order valence-electron chi connectivity index (χ2n) is 5.96. The Morgan fingerprint density at radius 1 is 1.12 bits per heavy atom. The number of aryl methyl sites for hydroxylation is 1. The van der Waals surface area contributed by atoms with E-state index in [-0.39, 0.29) is 5.91 Å². The molecule has 6 heteroatoms. The third kappa shape index (κ3) is 3.30. The molecule has 0 bridgehead atoms. The van der Waals surface area contributed by atoms with Crippen LogP contribution in [-0.4, -0.2) is 25.3 Å². The van der Waals surface area contributed by atoms with Crippen LogP contribution in [0.1, 0.15) is 17.1 Å². The van der Waals surface area contributed by atoms with Gasteiger partial charge in [-0.15, -0.1) is 0 Å². The molecule has 1 amide bonds.